The predicted octanol–water partition coefficient (Wildman–Crippen LogP) is 4.88. The molecule has 2 fully saturated rings. The Morgan fingerprint density at radius 1 is 1.06 bits per heavy atom. The van der Waals surface area contributed by atoms with Crippen LogP contribution in [0.4, 0.5) is 0 Å². The van der Waals surface area contributed by atoms with Crippen LogP contribution in [0.5, 0.6) is 0 Å². The van der Waals surface area contributed by atoms with E-state index in [1.807, 2.05) is 0 Å². The fourth-order valence-corrected chi connectivity index (χ4v) is 8.14. The summed E-state index contributed by atoms with van der Waals surface area (Å²) in [6.45, 7) is 2.32. The highest BCUT2D eigenvalue weighted by atomic mass is 35.5. The van der Waals surface area contributed by atoms with Gasteiger partial charge in [0, 0.05) is 11.6 Å². The zero-order chi connectivity index (χ0) is 12.1. The van der Waals surface area contributed by atoms with Gasteiger partial charge in [0.2, 0.25) is 8.32 Å². The molecule has 1 aliphatic heterocycles. The first-order valence-electron chi connectivity index (χ1n) is 7.53. The molecule has 100 valence electrons. The molecule has 0 amide bonds. The van der Waals surface area contributed by atoms with Crippen LogP contribution in [0.25, 0.3) is 0 Å². The lowest BCUT2D eigenvalue weighted by molar-refractivity contribution is 0.0789. The smallest absolute Gasteiger partial charge is 0.207 e. The van der Waals surface area contributed by atoms with Gasteiger partial charge in [0.15, 0.2) is 0 Å². The fraction of sp³-hybridized carbons (Fsp3) is 1.00. The van der Waals surface area contributed by atoms with Crippen molar-refractivity contribution in [3.05, 3.63) is 0 Å². The second-order valence-corrected chi connectivity index (χ2v) is 10.7. The molecule has 2 aliphatic rings. The SMILES string of the molecule is CCC1CCCCC1O[Si]1(CCl)CCCCC1. The van der Waals surface area contributed by atoms with Gasteiger partial charge in [-0.3, -0.25) is 0 Å². The van der Waals surface area contributed by atoms with Gasteiger partial charge in [0.25, 0.3) is 0 Å². The number of alkyl halides is 1. The van der Waals surface area contributed by atoms with Crippen molar-refractivity contribution in [2.24, 2.45) is 5.92 Å². The van der Waals surface area contributed by atoms with Gasteiger partial charge in [-0.1, -0.05) is 45.4 Å². The highest BCUT2D eigenvalue weighted by molar-refractivity contribution is 6.80. The van der Waals surface area contributed by atoms with E-state index >= 15 is 0 Å². The highest BCUT2D eigenvalue weighted by Gasteiger charge is 2.40. The third-order valence-electron chi connectivity index (χ3n) is 4.77. The van der Waals surface area contributed by atoms with E-state index < -0.39 is 8.32 Å². The third-order valence-corrected chi connectivity index (χ3v) is 10.1. The molecule has 1 heterocycles. The van der Waals surface area contributed by atoms with Crippen LogP contribution < -0.4 is 0 Å². The minimum Gasteiger partial charge on any atom is -0.412 e. The topological polar surface area (TPSA) is 9.23 Å². The molecule has 0 radical (unpaired) electrons. The zero-order valence-electron chi connectivity index (χ0n) is 11.2. The Hall–Kier alpha value is 0.467. The lowest BCUT2D eigenvalue weighted by Crippen LogP contribution is -2.48. The van der Waals surface area contributed by atoms with E-state index in [9.17, 15) is 0 Å². The van der Waals surface area contributed by atoms with Crippen LogP contribution in [0.2, 0.25) is 12.1 Å². The lowest BCUT2D eigenvalue weighted by Gasteiger charge is -2.41. The van der Waals surface area contributed by atoms with Gasteiger partial charge in [0.1, 0.15) is 0 Å². The summed E-state index contributed by atoms with van der Waals surface area (Å²) >= 11 is 6.28. The number of hydrogen-bond acceptors (Lipinski definition) is 1. The van der Waals surface area contributed by atoms with Gasteiger partial charge in [-0.2, -0.15) is 0 Å². The number of rotatable bonds is 4. The van der Waals surface area contributed by atoms with E-state index in [0.717, 1.165) is 11.4 Å². The summed E-state index contributed by atoms with van der Waals surface area (Å²) in [6.07, 6.45) is 11.4. The van der Waals surface area contributed by atoms with E-state index in [2.05, 4.69) is 6.92 Å². The molecule has 1 saturated carbocycles. The molecular weight excluding hydrogens is 248 g/mol. The van der Waals surface area contributed by atoms with Crippen molar-refractivity contribution in [3.63, 3.8) is 0 Å². The van der Waals surface area contributed by atoms with Crippen molar-refractivity contribution in [1.82, 2.24) is 0 Å². The second kappa shape index (κ2) is 6.58. The van der Waals surface area contributed by atoms with Crippen molar-refractivity contribution in [1.29, 1.82) is 0 Å². The van der Waals surface area contributed by atoms with Gasteiger partial charge in [-0.05, 0) is 30.8 Å². The molecule has 1 saturated heterocycles. The summed E-state index contributed by atoms with van der Waals surface area (Å²) < 4.78 is 6.68. The van der Waals surface area contributed by atoms with Crippen LogP contribution in [0, 0.1) is 5.92 Å². The summed E-state index contributed by atoms with van der Waals surface area (Å²) in [5, 5.41) is 0. The molecule has 2 unspecified atom stereocenters. The van der Waals surface area contributed by atoms with Crippen LogP contribution in [0.15, 0.2) is 0 Å². The molecule has 0 bridgehead atoms. The largest absolute Gasteiger partial charge is 0.412 e. The molecule has 3 heteroatoms. The maximum atomic E-state index is 6.68. The highest BCUT2D eigenvalue weighted by Crippen LogP contribution is 2.37. The molecule has 2 rings (SSSR count). The summed E-state index contributed by atoms with van der Waals surface area (Å²) in [6, 6.07) is 2.65. The Morgan fingerprint density at radius 3 is 2.41 bits per heavy atom. The Labute approximate surface area is 112 Å². The fourth-order valence-electron chi connectivity index (χ4n) is 3.60. The van der Waals surface area contributed by atoms with Crippen molar-refractivity contribution >= 4 is 19.9 Å². The Balaban J connectivity index is 1.96. The molecule has 0 spiro atoms. The zero-order valence-corrected chi connectivity index (χ0v) is 13.0. The summed E-state index contributed by atoms with van der Waals surface area (Å²) in [5.74, 6) is 0.818. The summed E-state index contributed by atoms with van der Waals surface area (Å²) in [7, 11) is -1.54. The first-order valence-corrected chi connectivity index (χ1v) is 10.6. The van der Waals surface area contributed by atoms with E-state index in [1.54, 1.807) is 0 Å². The lowest BCUT2D eigenvalue weighted by atomic mass is 9.85. The molecule has 0 aromatic carbocycles. The number of hydrogen-bond donors (Lipinski definition) is 0. The van der Waals surface area contributed by atoms with Gasteiger partial charge < -0.3 is 4.43 Å². The van der Waals surface area contributed by atoms with E-state index in [4.69, 9.17) is 16.0 Å². The first-order chi connectivity index (χ1) is 8.29. The molecule has 0 aromatic heterocycles. The van der Waals surface area contributed by atoms with Gasteiger partial charge >= 0.3 is 0 Å². The van der Waals surface area contributed by atoms with Gasteiger partial charge in [-0.25, -0.2) is 0 Å². The van der Waals surface area contributed by atoms with Gasteiger partial charge in [-0.15, -0.1) is 11.6 Å². The van der Waals surface area contributed by atoms with Crippen molar-refractivity contribution in [3.8, 4) is 0 Å². The minimum atomic E-state index is -1.54. The molecular formula is C14H27ClOSi. The molecule has 17 heavy (non-hydrogen) atoms. The Kier molecular flexibility index (Phi) is 5.38. The molecule has 1 nitrogen and oxygen atoms in total. The van der Waals surface area contributed by atoms with Crippen molar-refractivity contribution in [2.45, 2.75) is 76.5 Å². The average molecular weight is 275 g/mol. The maximum absolute atomic E-state index is 6.68. The maximum Gasteiger partial charge on any atom is 0.207 e. The van der Waals surface area contributed by atoms with Crippen LogP contribution in [-0.4, -0.2) is 19.9 Å². The monoisotopic (exact) mass is 274 g/mol. The Morgan fingerprint density at radius 2 is 1.76 bits per heavy atom. The van der Waals surface area contributed by atoms with Crippen molar-refractivity contribution < 1.29 is 4.43 Å². The summed E-state index contributed by atoms with van der Waals surface area (Å²) in [5.41, 5.74) is 0.833. The van der Waals surface area contributed by atoms with E-state index in [-0.39, 0.29) is 0 Å². The van der Waals surface area contributed by atoms with Crippen LogP contribution in [0.3, 0.4) is 0 Å². The molecule has 2 atom stereocenters. The second-order valence-electron chi connectivity index (χ2n) is 5.99. The standard InChI is InChI=1S/C14H27ClOSi/c1-2-13-8-4-5-9-14(13)16-17(12-15)10-6-3-7-11-17/h13-14H,2-12H2,1H3. The van der Waals surface area contributed by atoms with E-state index in [1.165, 1.54) is 63.5 Å². The minimum absolute atomic E-state index is 0.553. The predicted molar refractivity (Wildman–Crippen MR) is 77.1 cm³/mol. The quantitative estimate of drug-likeness (QED) is 0.524. The first kappa shape index (κ1) is 13.9. The van der Waals surface area contributed by atoms with Crippen LogP contribution >= 0.6 is 11.6 Å². The van der Waals surface area contributed by atoms with Crippen molar-refractivity contribution in [2.75, 3.05) is 5.50 Å². The van der Waals surface area contributed by atoms with Crippen LogP contribution in [0.1, 0.15) is 58.3 Å². The molecule has 1 aliphatic carbocycles. The summed E-state index contributed by atoms with van der Waals surface area (Å²) in [4.78, 5) is 0. The van der Waals surface area contributed by atoms with E-state index in [0.29, 0.717) is 6.10 Å². The number of halogens is 1. The average Bonchev–Trinajstić information content (AvgIpc) is 2.40. The third kappa shape index (κ3) is 3.48. The normalized spacial score (nSPS) is 33.5. The molecule has 0 aromatic rings. The van der Waals surface area contributed by atoms with Crippen LogP contribution in [-0.2, 0) is 4.43 Å². The van der Waals surface area contributed by atoms with Gasteiger partial charge in [0.05, 0.1) is 0 Å². The Bertz CT molecular complexity index is 228. The molecule has 0 N–H and O–H groups in total.